The first-order valence-corrected chi connectivity index (χ1v) is 10.0. The van der Waals surface area contributed by atoms with E-state index in [4.69, 9.17) is 10.5 Å². The largest absolute Gasteiger partial charge is 2.00 e. The Hall–Kier alpha value is -1.36. The molecule has 0 bridgehead atoms. The molecule has 0 aliphatic heterocycles. The molecule has 2 aliphatic carbocycles. The van der Waals surface area contributed by atoms with Crippen LogP contribution in [0.2, 0.25) is 0 Å². The number of halogens is 1. The van der Waals surface area contributed by atoms with Gasteiger partial charge in [-0.3, -0.25) is 0 Å². The summed E-state index contributed by atoms with van der Waals surface area (Å²) in [6.07, 6.45) is 17.8. The molecule has 30 heavy (non-hydrogen) atoms. The molecule has 1 heterocycles. The van der Waals surface area contributed by atoms with E-state index in [1.54, 1.807) is 6.92 Å². The molecule has 0 unspecified atom stereocenters. The minimum absolute atomic E-state index is 0. The molecule has 10 radical (unpaired) electrons. The van der Waals surface area contributed by atoms with Gasteiger partial charge in [-0.1, -0.05) is 28.1 Å². The standard InChI is InChI=1S/C19H16BrN2O2.C5H5.Fe/c1-2-24-19(23)17-15(12-7-9-14(20)10-8-12)11-16(22-18(17)21)13-5-3-4-6-13;1-2-4-5-3-1;/h3-11H,2H2,1H3,(H2,21,22);1-5H;/q;;+2. The van der Waals surface area contributed by atoms with Gasteiger partial charge in [-0.25, -0.2) is 9.78 Å². The molecule has 2 saturated carbocycles. The van der Waals surface area contributed by atoms with Gasteiger partial charge in [-0.15, -0.1) is 0 Å². The maximum Gasteiger partial charge on any atom is 2.00 e. The molecule has 2 aliphatic rings. The normalized spacial score (nSPS) is 15.8. The van der Waals surface area contributed by atoms with Crippen LogP contribution in [0.25, 0.3) is 11.1 Å². The van der Waals surface area contributed by atoms with Gasteiger partial charge < -0.3 is 10.5 Å². The number of carbonyl (C=O) groups excluding carboxylic acids is 1. The molecular formula is C24H21BrFeN2O2+2. The number of anilines is 1. The Balaban J connectivity index is 0.000000468. The summed E-state index contributed by atoms with van der Waals surface area (Å²) in [5.74, 6) is 0.662. The molecule has 1 aromatic carbocycles. The predicted octanol–water partition coefficient (Wildman–Crippen LogP) is 5.04. The monoisotopic (exact) mass is 504 g/mol. The molecule has 2 aromatic rings. The van der Waals surface area contributed by atoms with E-state index in [9.17, 15) is 4.79 Å². The number of hydrogen-bond donors (Lipinski definition) is 1. The van der Waals surface area contributed by atoms with Crippen molar-refractivity contribution < 1.29 is 26.6 Å². The number of benzene rings is 1. The molecule has 2 N–H and O–H groups in total. The number of ether oxygens (including phenoxy) is 1. The number of nitrogens with two attached hydrogens (primary N) is 1. The van der Waals surface area contributed by atoms with Gasteiger partial charge in [0.15, 0.2) is 0 Å². The van der Waals surface area contributed by atoms with Crippen molar-refractivity contribution in [2.24, 2.45) is 0 Å². The minimum atomic E-state index is -0.463. The first-order chi connectivity index (χ1) is 14.1. The fourth-order valence-electron chi connectivity index (χ4n) is 2.85. The maximum absolute atomic E-state index is 12.4. The molecule has 2 fully saturated rings. The zero-order valence-corrected chi connectivity index (χ0v) is 19.1. The van der Waals surface area contributed by atoms with Crippen LogP contribution in [-0.4, -0.2) is 17.6 Å². The summed E-state index contributed by atoms with van der Waals surface area (Å²) < 4.78 is 6.12. The Morgan fingerprint density at radius 1 is 1.00 bits per heavy atom. The number of nitrogens with zero attached hydrogens (tertiary/aromatic N) is 1. The second-order valence-corrected chi connectivity index (χ2v) is 7.09. The van der Waals surface area contributed by atoms with Crippen molar-refractivity contribution >= 4 is 27.7 Å². The van der Waals surface area contributed by atoms with Crippen LogP contribution < -0.4 is 5.73 Å². The smallest absolute Gasteiger partial charge is 0.462 e. The van der Waals surface area contributed by atoms with Crippen LogP contribution in [0.15, 0.2) is 34.8 Å². The average molecular weight is 505 g/mol. The first-order valence-electron chi connectivity index (χ1n) is 9.22. The Morgan fingerprint density at radius 2 is 1.57 bits per heavy atom. The fourth-order valence-corrected chi connectivity index (χ4v) is 3.12. The second kappa shape index (κ2) is 12.5. The fraction of sp³-hybridized carbons (Fsp3) is 0.0833. The van der Waals surface area contributed by atoms with E-state index in [2.05, 4.69) is 20.9 Å². The zero-order valence-electron chi connectivity index (χ0n) is 16.4. The summed E-state index contributed by atoms with van der Waals surface area (Å²) in [5, 5.41) is 0. The third kappa shape index (κ3) is 6.57. The molecule has 0 amide bonds. The Labute approximate surface area is 199 Å². The summed E-state index contributed by atoms with van der Waals surface area (Å²) >= 11 is 3.42. The second-order valence-electron chi connectivity index (χ2n) is 6.18. The van der Waals surface area contributed by atoms with Crippen LogP contribution in [-0.2, 0) is 21.8 Å². The van der Waals surface area contributed by atoms with Crippen LogP contribution in [0.4, 0.5) is 5.82 Å². The summed E-state index contributed by atoms with van der Waals surface area (Å²) in [5.41, 5.74) is 8.72. The number of rotatable bonds is 4. The van der Waals surface area contributed by atoms with Crippen molar-refractivity contribution in [3.63, 3.8) is 0 Å². The first kappa shape index (κ1) is 24.9. The van der Waals surface area contributed by atoms with Crippen LogP contribution in [0.3, 0.4) is 0 Å². The third-order valence-corrected chi connectivity index (χ3v) is 4.72. The van der Waals surface area contributed by atoms with Crippen LogP contribution in [0, 0.1) is 63.7 Å². The van der Waals surface area contributed by atoms with Crippen molar-refractivity contribution in [3.8, 4) is 11.1 Å². The Morgan fingerprint density at radius 3 is 2.10 bits per heavy atom. The molecule has 0 atom stereocenters. The predicted molar refractivity (Wildman–Crippen MR) is 119 cm³/mol. The summed E-state index contributed by atoms with van der Waals surface area (Å²) in [6, 6.07) is 9.57. The Kier molecular flexibility index (Phi) is 10.4. The van der Waals surface area contributed by atoms with E-state index in [1.807, 2.05) is 88.1 Å². The van der Waals surface area contributed by atoms with E-state index in [1.165, 1.54) is 0 Å². The molecule has 0 saturated heterocycles. The third-order valence-electron chi connectivity index (χ3n) is 4.20. The van der Waals surface area contributed by atoms with Gasteiger partial charge in [0.1, 0.15) is 11.4 Å². The summed E-state index contributed by atoms with van der Waals surface area (Å²) in [6.45, 7) is 2.04. The van der Waals surface area contributed by atoms with E-state index in [-0.39, 0.29) is 29.5 Å². The summed E-state index contributed by atoms with van der Waals surface area (Å²) in [7, 11) is 0. The van der Waals surface area contributed by atoms with Gasteiger partial charge in [0, 0.05) is 16.0 Å². The van der Waals surface area contributed by atoms with Gasteiger partial charge in [0.2, 0.25) is 0 Å². The van der Waals surface area contributed by atoms with E-state index in [0.29, 0.717) is 11.1 Å². The molecule has 0 spiro atoms. The summed E-state index contributed by atoms with van der Waals surface area (Å²) in [4.78, 5) is 16.8. The molecular weight excluding hydrogens is 484 g/mol. The van der Waals surface area contributed by atoms with Gasteiger partial charge in [0.05, 0.1) is 12.3 Å². The van der Waals surface area contributed by atoms with E-state index < -0.39 is 5.97 Å². The van der Waals surface area contributed by atoms with Crippen LogP contribution in [0.1, 0.15) is 23.0 Å². The van der Waals surface area contributed by atoms with Crippen LogP contribution in [0.5, 0.6) is 0 Å². The van der Waals surface area contributed by atoms with Crippen molar-refractivity contribution in [2.75, 3.05) is 12.3 Å². The van der Waals surface area contributed by atoms with Crippen molar-refractivity contribution in [1.82, 2.24) is 4.98 Å². The SMILES string of the molecule is CCOC(=O)c1c(-c2ccc(Br)cc2)cc([C]2[CH][CH][CH][CH]2)nc1N.[CH]1[CH][CH][CH][CH]1.[Fe+2]. The number of carbonyl (C=O) groups is 1. The van der Waals surface area contributed by atoms with E-state index in [0.717, 1.165) is 21.6 Å². The molecule has 4 nitrogen and oxygen atoms in total. The molecule has 4 rings (SSSR count). The quantitative estimate of drug-likeness (QED) is 0.467. The van der Waals surface area contributed by atoms with Gasteiger partial charge >= 0.3 is 23.0 Å². The van der Waals surface area contributed by atoms with E-state index >= 15 is 0 Å². The van der Waals surface area contributed by atoms with Gasteiger partial charge in [0.25, 0.3) is 0 Å². The molecule has 6 heteroatoms. The number of aromatic nitrogens is 1. The zero-order chi connectivity index (χ0) is 20.6. The molecule has 1 aromatic heterocycles. The maximum atomic E-state index is 12.4. The number of nitrogen functional groups attached to an aromatic ring is 1. The number of esters is 1. The average Bonchev–Trinajstić information content (AvgIpc) is 3.44. The number of pyridine rings is 1. The van der Waals surface area contributed by atoms with Crippen molar-refractivity contribution in [1.29, 1.82) is 0 Å². The number of hydrogen-bond acceptors (Lipinski definition) is 4. The molecule has 152 valence electrons. The Bertz CT molecular complexity index is 809. The van der Waals surface area contributed by atoms with Gasteiger partial charge in [-0.2, -0.15) is 0 Å². The van der Waals surface area contributed by atoms with Gasteiger partial charge in [-0.05, 0) is 88.5 Å². The minimum Gasteiger partial charge on any atom is -0.462 e. The topological polar surface area (TPSA) is 65.2 Å². The van der Waals surface area contributed by atoms with Crippen LogP contribution >= 0.6 is 15.9 Å². The van der Waals surface area contributed by atoms with Crippen molar-refractivity contribution in [3.05, 3.63) is 110 Å². The van der Waals surface area contributed by atoms with Crippen molar-refractivity contribution in [2.45, 2.75) is 6.92 Å².